The maximum absolute atomic E-state index is 12.8. The third kappa shape index (κ3) is 11.3. The van der Waals surface area contributed by atoms with Crippen LogP contribution in [0.4, 0.5) is 0 Å². The number of rotatable bonds is 16. The Hall–Kier alpha value is -4.73. The van der Waals surface area contributed by atoms with Gasteiger partial charge in [0, 0.05) is 12.8 Å². The molecule has 38 heavy (non-hydrogen) atoms. The number of hydrogen-bond acceptors (Lipinski definition) is 9. The lowest BCUT2D eigenvalue weighted by Crippen LogP contribution is -2.58. The standard InChI is InChI=1S/C22H29N5O11/c23-12(5-6-17(30)31)19(34)25-13(8-16(24)29)20(35)26-14(9-18(32)33)21(36)27-15(22(37)38)7-10-1-3-11(28)4-2-10/h1-4,12-15,28H,5-9,23H2,(H2,24,29)(H,25,34)(H,26,35)(H,27,36)(H,30,31)(H,32,33)(H,37,38). The Labute approximate surface area is 215 Å². The highest BCUT2D eigenvalue weighted by molar-refractivity contribution is 5.97. The van der Waals surface area contributed by atoms with E-state index in [1.807, 2.05) is 5.32 Å². The predicted molar refractivity (Wildman–Crippen MR) is 126 cm³/mol. The summed E-state index contributed by atoms with van der Waals surface area (Å²) in [5.74, 6) is -8.76. The maximum atomic E-state index is 12.8. The van der Waals surface area contributed by atoms with Crippen LogP contribution in [0.15, 0.2) is 24.3 Å². The highest BCUT2D eigenvalue weighted by Gasteiger charge is 2.32. The van der Waals surface area contributed by atoms with Crippen molar-refractivity contribution in [2.45, 2.75) is 56.3 Å². The first-order chi connectivity index (χ1) is 17.7. The van der Waals surface area contributed by atoms with Crippen LogP contribution in [-0.4, -0.2) is 86.1 Å². The Morgan fingerprint density at radius 3 is 1.71 bits per heavy atom. The van der Waals surface area contributed by atoms with Gasteiger partial charge < -0.3 is 47.8 Å². The molecular formula is C22H29N5O11. The average Bonchev–Trinajstić information content (AvgIpc) is 2.81. The number of phenolic OH excluding ortho intramolecular Hbond substituents is 1. The first-order valence-corrected chi connectivity index (χ1v) is 11.1. The van der Waals surface area contributed by atoms with Crippen LogP contribution in [0.25, 0.3) is 0 Å². The molecule has 0 aromatic heterocycles. The van der Waals surface area contributed by atoms with E-state index in [0.29, 0.717) is 5.56 Å². The van der Waals surface area contributed by atoms with Crippen molar-refractivity contribution < 1.29 is 54.0 Å². The van der Waals surface area contributed by atoms with Crippen molar-refractivity contribution in [2.75, 3.05) is 0 Å². The highest BCUT2D eigenvalue weighted by Crippen LogP contribution is 2.12. The van der Waals surface area contributed by atoms with Gasteiger partial charge in [0.1, 0.15) is 23.9 Å². The SMILES string of the molecule is NC(=O)CC(NC(=O)C(N)CCC(=O)O)C(=O)NC(CC(=O)O)C(=O)NC(Cc1ccc(O)cc1)C(=O)O. The Morgan fingerprint density at radius 2 is 1.24 bits per heavy atom. The zero-order valence-electron chi connectivity index (χ0n) is 20.0. The maximum Gasteiger partial charge on any atom is 0.326 e. The summed E-state index contributed by atoms with van der Waals surface area (Å²) in [4.78, 5) is 82.8. The summed E-state index contributed by atoms with van der Waals surface area (Å²) >= 11 is 0. The first kappa shape index (κ1) is 31.3. The Morgan fingerprint density at radius 1 is 0.737 bits per heavy atom. The zero-order chi connectivity index (χ0) is 29.0. The quantitative estimate of drug-likeness (QED) is 0.102. The fraction of sp³-hybridized carbons (Fsp3) is 0.409. The van der Waals surface area contributed by atoms with Crippen LogP contribution < -0.4 is 27.4 Å². The van der Waals surface area contributed by atoms with Gasteiger partial charge >= 0.3 is 17.9 Å². The molecule has 0 aliphatic carbocycles. The number of aliphatic carboxylic acids is 3. The number of primary amides is 1. The smallest absolute Gasteiger partial charge is 0.326 e. The molecule has 0 saturated heterocycles. The first-order valence-electron chi connectivity index (χ1n) is 11.1. The molecule has 16 heteroatoms. The predicted octanol–water partition coefficient (Wildman–Crippen LogP) is -2.98. The Kier molecular flexibility index (Phi) is 12.1. The van der Waals surface area contributed by atoms with Gasteiger partial charge in [-0.2, -0.15) is 0 Å². The molecule has 0 heterocycles. The zero-order valence-corrected chi connectivity index (χ0v) is 20.0. The molecule has 0 bridgehead atoms. The summed E-state index contributed by atoms with van der Waals surface area (Å²) in [6.45, 7) is 0. The third-order valence-electron chi connectivity index (χ3n) is 5.05. The van der Waals surface area contributed by atoms with E-state index < -0.39 is 85.0 Å². The van der Waals surface area contributed by atoms with Crippen molar-refractivity contribution in [3.05, 3.63) is 29.8 Å². The third-order valence-corrected chi connectivity index (χ3v) is 5.05. The fourth-order valence-corrected chi connectivity index (χ4v) is 3.10. The molecule has 0 spiro atoms. The van der Waals surface area contributed by atoms with Crippen molar-refractivity contribution in [1.29, 1.82) is 0 Å². The van der Waals surface area contributed by atoms with E-state index in [2.05, 4.69) is 10.6 Å². The van der Waals surface area contributed by atoms with Crippen LogP contribution >= 0.6 is 0 Å². The molecule has 16 nitrogen and oxygen atoms in total. The molecule has 4 unspecified atom stereocenters. The molecule has 0 fully saturated rings. The second-order valence-corrected chi connectivity index (χ2v) is 8.20. The minimum atomic E-state index is -1.82. The number of carboxylic acids is 3. The van der Waals surface area contributed by atoms with E-state index in [0.717, 1.165) is 0 Å². The number of phenols is 1. The lowest BCUT2D eigenvalue weighted by atomic mass is 10.0. The minimum Gasteiger partial charge on any atom is -0.508 e. The lowest BCUT2D eigenvalue weighted by Gasteiger charge is -2.24. The van der Waals surface area contributed by atoms with Crippen LogP contribution in [0.2, 0.25) is 0 Å². The van der Waals surface area contributed by atoms with E-state index in [1.54, 1.807) is 0 Å². The molecule has 0 aliphatic rings. The molecule has 1 aromatic carbocycles. The van der Waals surface area contributed by atoms with Crippen LogP contribution in [0.1, 0.15) is 31.2 Å². The molecule has 1 rings (SSSR count). The van der Waals surface area contributed by atoms with Gasteiger partial charge in [-0.25, -0.2) is 4.79 Å². The molecule has 0 aliphatic heterocycles. The summed E-state index contributed by atoms with van der Waals surface area (Å²) in [6, 6.07) is -1.04. The normalized spacial score (nSPS) is 13.7. The van der Waals surface area contributed by atoms with Gasteiger partial charge in [0.25, 0.3) is 0 Å². The van der Waals surface area contributed by atoms with Crippen molar-refractivity contribution in [1.82, 2.24) is 16.0 Å². The molecule has 4 amide bonds. The van der Waals surface area contributed by atoms with Gasteiger partial charge in [-0.15, -0.1) is 0 Å². The summed E-state index contributed by atoms with van der Waals surface area (Å²) in [7, 11) is 0. The molecule has 11 N–H and O–H groups in total. The molecule has 0 saturated carbocycles. The average molecular weight is 539 g/mol. The van der Waals surface area contributed by atoms with E-state index in [4.69, 9.17) is 16.6 Å². The van der Waals surface area contributed by atoms with Crippen molar-refractivity contribution >= 4 is 41.5 Å². The fourth-order valence-electron chi connectivity index (χ4n) is 3.10. The van der Waals surface area contributed by atoms with Crippen LogP contribution in [-0.2, 0) is 40.0 Å². The molecular weight excluding hydrogens is 510 g/mol. The van der Waals surface area contributed by atoms with Crippen LogP contribution in [0.3, 0.4) is 0 Å². The van der Waals surface area contributed by atoms with Crippen LogP contribution in [0, 0.1) is 0 Å². The number of carboxylic acid groups (broad SMARTS) is 3. The van der Waals surface area contributed by atoms with E-state index in [-0.39, 0.29) is 18.6 Å². The summed E-state index contributed by atoms with van der Waals surface area (Å²) in [5.41, 5.74) is 11.1. The number of nitrogens with one attached hydrogen (secondary N) is 3. The number of aromatic hydroxyl groups is 1. The highest BCUT2D eigenvalue weighted by atomic mass is 16.4. The Bertz CT molecular complexity index is 1060. The summed E-state index contributed by atoms with van der Waals surface area (Å²) in [5, 5.41) is 43.0. The number of carbonyl (C=O) groups is 7. The molecule has 1 aromatic rings. The summed E-state index contributed by atoms with van der Waals surface area (Å²) < 4.78 is 0. The molecule has 0 radical (unpaired) electrons. The van der Waals surface area contributed by atoms with E-state index >= 15 is 0 Å². The van der Waals surface area contributed by atoms with Crippen molar-refractivity contribution in [3.63, 3.8) is 0 Å². The molecule has 4 atom stereocenters. The number of carbonyl (C=O) groups excluding carboxylic acids is 4. The van der Waals surface area contributed by atoms with E-state index in [1.165, 1.54) is 24.3 Å². The summed E-state index contributed by atoms with van der Waals surface area (Å²) in [6.07, 6.45) is -2.77. The number of amides is 4. The Balaban J connectivity index is 3.02. The number of hydrogen-bond donors (Lipinski definition) is 9. The van der Waals surface area contributed by atoms with Gasteiger partial charge in [-0.3, -0.25) is 28.8 Å². The van der Waals surface area contributed by atoms with E-state index in [9.17, 15) is 48.9 Å². The van der Waals surface area contributed by atoms with Gasteiger partial charge in [0.15, 0.2) is 0 Å². The molecule has 208 valence electrons. The second kappa shape index (κ2) is 14.7. The van der Waals surface area contributed by atoms with Gasteiger partial charge in [0.2, 0.25) is 23.6 Å². The van der Waals surface area contributed by atoms with Crippen LogP contribution in [0.5, 0.6) is 5.75 Å². The van der Waals surface area contributed by atoms with Crippen molar-refractivity contribution in [3.8, 4) is 5.75 Å². The largest absolute Gasteiger partial charge is 0.508 e. The monoisotopic (exact) mass is 539 g/mol. The number of benzene rings is 1. The minimum absolute atomic E-state index is 0.0747. The van der Waals surface area contributed by atoms with Gasteiger partial charge in [-0.05, 0) is 24.1 Å². The van der Waals surface area contributed by atoms with Crippen molar-refractivity contribution in [2.24, 2.45) is 11.5 Å². The topological polar surface area (TPSA) is 289 Å². The van der Waals surface area contributed by atoms with Gasteiger partial charge in [0.05, 0.1) is 18.9 Å². The number of nitrogens with two attached hydrogens (primary N) is 2. The second-order valence-electron chi connectivity index (χ2n) is 8.20. The lowest BCUT2D eigenvalue weighted by molar-refractivity contribution is -0.144. The van der Waals surface area contributed by atoms with Gasteiger partial charge in [-0.1, -0.05) is 12.1 Å².